The van der Waals surface area contributed by atoms with Crippen molar-refractivity contribution in [1.29, 1.82) is 0 Å². The number of aliphatic imine (C=N–C) groups is 1. The summed E-state index contributed by atoms with van der Waals surface area (Å²) < 4.78 is 24.6. The van der Waals surface area contributed by atoms with Crippen LogP contribution >= 0.6 is 35.3 Å². The van der Waals surface area contributed by atoms with Gasteiger partial charge in [0.05, 0.1) is 13.2 Å². The molecule has 0 spiro atoms. The van der Waals surface area contributed by atoms with Gasteiger partial charge in [-0.25, -0.2) is 14.4 Å². The molecule has 0 atom stereocenters. The lowest BCUT2D eigenvalue weighted by Gasteiger charge is -2.21. The smallest absolute Gasteiger partial charge is 0.191 e. The molecule has 2 N–H and O–H groups in total. The predicted octanol–water partition coefficient (Wildman–Crippen LogP) is 3.37. The summed E-state index contributed by atoms with van der Waals surface area (Å²) in [6.45, 7) is 6.54. The quantitative estimate of drug-likeness (QED) is 0.358. The van der Waals surface area contributed by atoms with Gasteiger partial charge in [0, 0.05) is 29.7 Å². The van der Waals surface area contributed by atoms with Crippen LogP contribution < -0.4 is 15.4 Å². The second-order valence-corrected chi connectivity index (χ2v) is 7.22. The predicted molar refractivity (Wildman–Crippen MR) is 115 cm³/mol. The Morgan fingerprint density at radius 1 is 1.37 bits per heavy atom. The molecule has 2 aromatic rings. The zero-order valence-electron chi connectivity index (χ0n) is 15.4. The fraction of sp³-hybridized carbons (Fsp3) is 0.444. The molecule has 0 saturated carbocycles. The standard InChI is InChI=1S/C18H23FN4O2S.HI/c1-3-20-18(23-9-16-22-8-12(2)26-16)21-5-4-13-6-15(19)7-14-10-24-11-25-17(13)14;/h6-8H,3-5,9-11H2,1-2H3,(H2,20,21,23);1H. The number of thiazole rings is 1. The summed E-state index contributed by atoms with van der Waals surface area (Å²) in [4.78, 5) is 10.0. The van der Waals surface area contributed by atoms with Crippen molar-refractivity contribution in [1.82, 2.24) is 15.6 Å². The molecule has 27 heavy (non-hydrogen) atoms. The summed E-state index contributed by atoms with van der Waals surface area (Å²) in [6, 6.07) is 2.99. The van der Waals surface area contributed by atoms with Crippen LogP contribution in [0.3, 0.4) is 0 Å². The average Bonchev–Trinajstić information content (AvgIpc) is 3.05. The van der Waals surface area contributed by atoms with Crippen LogP contribution in [0, 0.1) is 12.7 Å². The number of halogens is 2. The van der Waals surface area contributed by atoms with Crippen LogP contribution in [-0.4, -0.2) is 30.8 Å². The van der Waals surface area contributed by atoms with E-state index in [0.717, 1.165) is 34.4 Å². The van der Waals surface area contributed by atoms with Gasteiger partial charge in [0.15, 0.2) is 12.8 Å². The number of fused-ring (bicyclic) bond motifs is 1. The first kappa shape index (κ1) is 21.8. The van der Waals surface area contributed by atoms with Crippen molar-refractivity contribution in [3.05, 3.63) is 45.2 Å². The number of benzene rings is 1. The Morgan fingerprint density at radius 2 is 2.22 bits per heavy atom. The Bertz CT molecular complexity index is 785. The maximum Gasteiger partial charge on any atom is 0.191 e. The largest absolute Gasteiger partial charge is 0.467 e. The first-order chi connectivity index (χ1) is 12.7. The monoisotopic (exact) mass is 506 g/mol. The Labute approximate surface area is 179 Å². The highest BCUT2D eigenvalue weighted by molar-refractivity contribution is 14.0. The molecular weight excluding hydrogens is 482 g/mol. The number of rotatable bonds is 6. The molecule has 148 valence electrons. The third kappa shape index (κ3) is 6.28. The Hall–Kier alpha value is -1.46. The number of hydrogen-bond donors (Lipinski definition) is 2. The van der Waals surface area contributed by atoms with Crippen LogP contribution in [-0.2, 0) is 24.3 Å². The fourth-order valence-corrected chi connectivity index (χ4v) is 3.43. The SMILES string of the molecule is CCNC(=NCc1ncc(C)s1)NCCc1cc(F)cc2c1OCOC2.I. The molecule has 0 unspecified atom stereocenters. The third-order valence-electron chi connectivity index (χ3n) is 3.82. The highest BCUT2D eigenvalue weighted by atomic mass is 127. The number of aromatic nitrogens is 1. The van der Waals surface area contributed by atoms with Gasteiger partial charge in [-0.2, -0.15) is 0 Å². The number of aryl methyl sites for hydroxylation is 1. The van der Waals surface area contributed by atoms with Gasteiger partial charge in [0.1, 0.15) is 16.6 Å². The van der Waals surface area contributed by atoms with Gasteiger partial charge in [-0.05, 0) is 38.0 Å². The maximum atomic E-state index is 13.8. The Kier molecular flexibility index (Phi) is 8.71. The van der Waals surface area contributed by atoms with Gasteiger partial charge in [-0.1, -0.05) is 0 Å². The Morgan fingerprint density at radius 3 is 2.96 bits per heavy atom. The van der Waals surface area contributed by atoms with Crippen LogP contribution in [0.4, 0.5) is 4.39 Å². The van der Waals surface area contributed by atoms with Crippen LogP contribution in [0.5, 0.6) is 5.75 Å². The number of ether oxygens (including phenoxy) is 2. The molecule has 1 aromatic heterocycles. The van der Waals surface area contributed by atoms with Crippen molar-refractivity contribution in [2.45, 2.75) is 33.4 Å². The summed E-state index contributed by atoms with van der Waals surface area (Å²) >= 11 is 1.64. The summed E-state index contributed by atoms with van der Waals surface area (Å²) in [7, 11) is 0. The topological polar surface area (TPSA) is 67.8 Å². The van der Waals surface area contributed by atoms with Crippen molar-refractivity contribution < 1.29 is 13.9 Å². The van der Waals surface area contributed by atoms with Crippen LogP contribution in [0.2, 0.25) is 0 Å². The van der Waals surface area contributed by atoms with Crippen molar-refractivity contribution in [3.63, 3.8) is 0 Å². The summed E-state index contributed by atoms with van der Waals surface area (Å²) in [5, 5.41) is 7.47. The van der Waals surface area contributed by atoms with E-state index < -0.39 is 0 Å². The molecule has 3 rings (SSSR count). The van der Waals surface area contributed by atoms with Gasteiger partial charge >= 0.3 is 0 Å². The summed E-state index contributed by atoms with van der Waals surface area (Å²) in [5.41, 5.74) is 1.59. The number of nitrogens with zero attached hydrogens (tertiary/aromatic N) is 2. The van der Waals surface area contributed by atoms with E-state index in [2.05, 4.69) is 20.6 Å². The maximum absolute atomic E-state index is 13.8. The third-order valence-corrected chi connectivity index (χ3v) is 4.72. The van der Waals surface area contributed by atoms with E-state index >= 15 is 0 Å². The average molecular weight is 506 g/mol. The minimum absolute atomic E-state index is 0. The Balaban J connectivity index is 0.00000261. The van der Waals surface area contributed by atoms with E-state index in [1.54, 1.807) is 11.3 Å². The van der Waals surface area contributed by atoms with Gasteiger partial charge in [0.2, 0.25) is 0 Å². The molecule has 1 aromatic carbocycles. The zero-order chi connectivity index (χ0) is 18.4. The molecule has 0 radical (unpaired) electrons. The second-order valence-electron chi connectivity index (χ2n) is 5.90. The van der Waals surface area contributed by atoms with Gasteiger partial charge in [0.25, 0.3) is 0 Å². The molecule has 0 fully saturated rings. The summed E-state index contributed by atoms with van der Waals surface area (Å²) in [5.74, 6) is 1.18. The lowest BCUT2D eigenvalue weighted by atomic mass is 10.1. The summed E-state index contributed by atoms with van der Waals surface area (Å²) in [6.07, 6.45) is 2.48. The van der Waals surface area contributed by atoms with E-state index in [-0.39, 0.29) is 36.6 Å². The van der Waals surface area contributed by atoms with Crippen LogP contribution in [0.25, 0.3) is 0 Å². The molecule has 2 heterocycles. The van der Waals surface area contributed by atoms with Gasteiger partial charge in [-0.15, -0.1) is 35.3 Å². The van der Waals surface area contributed by atoms with Gasteiger partial charge < -0.3 is 20.1 Å². The van der Waals surface area contributed by atoms with E-state index in [9.17, 15) is 4.39 Å². The van der Waals surface area contributed by atoms with Gasteiger partial charge in [-0.3, -0.25) is 0 Å². The van der Waals surface area contributed by atoms with E-state index in [1.165, 1.54) is 17.0 Å². The number of nitrogens with one attached hydrogen (secondary N) is 2. The molecule has 0 aliphatic carbocycles. The van der Waals surface area contributed by atoms with Crippen molar-refractivity contribution in [3.8, 4) is 5.75 Å². The number of hydrogen-bond acceptors (Lipinski definition) is 5. The highest BCUT2D eigenvalue weighted by Crippen LogP contribution is 2.29. The minimum Gasteiger partial charge on any atom is -0.467 e. The lowest BCUT2D eigenvalue weighted by molar-refractivity contribution is -0.0172. The normalized spacial score (nSPS) is 13.4. The minimum atomic E-state index is -0.271. The first-order valence-electron chi connectivity index (χ1n) is 8.61. The molecule has 0 bridgehead atoms. The van der Waals surface area contributed by atoms with Crippen LogP contribution in [0.15, 0.2) is 23.3 Å². The molecule has 6 nitrogen and oxygen atoms in total. The molecular formula is C18H24FIN4O2S. The van der Waals surface area contributed by atoms with Crippen LogP contribution in [0.1, 0.15) is 27.9 Å². The molecule has 0 saturated heterocycles. The second kappa shape index (κ2) is 10.8. The first-order valence-corrected chi connectivity index (χ1v) is 9.42. The van der Waals surface area contributed by atoms with E-state index in [0.29, 0.717) is 26.1 Å². The van der Waals surface area contributed by atoms with Crippen molar-refractivity contribution in [2.24, 2.45) is 4.99 Å². The van der Waals surface area contributed by atoms with E-state index in [1.807, 2.05) is 20.0 Å². The molecule has 1 aliphatic heterocycles. The van der Waals surface area contributed by atoms with E-state index in [4.69, 9.17) is 9.47 Å². The molecule has 0 amide bonds. The zero-order valence-corrected chi connectivity index (χ0v) is 18.5. The number of guanidine groups is 1. The lowest BCUT2D eigenvalue weighted by Crippen LogP contribution is -2.38. The fourth-order valence-electron chi connectivity index (χ4n) is 2.72. The molecule has 9 heteroatoms. The van der Waals surface area contributed by atoms with Crippen molar-refractivity contribution in [2.75, 3.05) is 19.9 Å². The molecule has 1 aliphatic rings. The highest BCUT2D eigenvalue weighted by Gasteiger charge is 2.16. The van der Waals surface area contributed by atoms with Crippen molar-refractivity contribution >= 4 is 41.3 Å².